The molecule has 0 N–H and O–H groups in total. The van der Waals surface area contributed by atoms with Crippen molar-refractivity contribution in [3.05, 3.63) is 43.6 Å². The van der Waals surface area contributed by atoms with Gasteiger partial charge < -0.3 is 16.9 Å². The Kier molecular flexibility index (Phi) is 15.7. The van der Waals surface area contributed by atoms with Crippen molar-refractivity contribution in [1.82, 2.24) is 0 Å². The van der Waals surface area contributed by atoms with Crippen LogP contribution in [0.4, 0.5) is 4.39 Å². The molecule has 2 nitrogen and oxygen atoms in total. The third-order valence-corrected chi connectivity index (χ3v) is 3.46. The van der Waals surface area contributed by atoms with E-state index < -0.39 is 0 Å². The SMILES string of the molecule is C=C(C)COc1cc(F)cc(OC2CC(C)C2)c1.CCCC.[CH3-].[K+]. The number of benzene rings is 1. The van der Waals surface area contributed by atoms with Crippen molar-refractivity contribution in [2.24, 2.45) is 5.92 Å². The Labute approximate surface area is 190 Å². The van der Waals surface area contributed by atoms with Crippen LogP contribution in [0.1, 0.15) is 53.4 Å². The zero-order valence-corrected chi connectivity index (χ0v) is 19.4. The molecule has 1 aromatic rings. The number of halogens is 1. The van der Waals surface area contributed by atoms with E-state index in [4.69, 9.17) is 9.47 Å². The van der Waals surface area contributed by atoms with Crippen molar-refractivity contribution in [2.45, 2.75) is 59.5 Å². The number of unbranched alkanes of at least 4 members (excludes halogenated alkanes) is 1. The van der Waals surface area contributed by atoms with E-state index in [0.29, 0.717) is 24.0 Å². The van der Waals surface area contributed by atoms with Crippen molar-refractivity contribution >= 4 is 0 Å². The van der Waals surface area contributed by atoms with Crippen molar-refractivity contribution in [3.8, 4) is 11.5 Å². The summed E-state index contributed by atoms with van der Waals surface area (Å²) in [7, 11) is 0. The summed E-state index contributed by atoms with van der Waals surface area (Å²) in [6, 6.07) is 4.49. The van der Waals surface area contributed by atoms with Crippen LogP contribution < -0.4 is 60.9 Å². The Morgan fingerprint density at radius 3 is 2.17 bits per heavy atom. The summed E-state index contributed by atoms with van der Waals surface area (Å²) in [5, 5.41) is 0. The van der Waals surface area contributed by atoms with Gasteiger partial charge >= 0.3 is 51.4 Å². The smallest absolute Gasteiger partial charge is 0.490 e. The first-order valence-corrected chi connectivity index (χ1v) is 8.19. The topological polar surface area (TPSA) is 18.5 Å². The van der Waals surface area contributed by atoms with Crippen molar-refractivity contribution < 1.29 is 65.2 Å². The third kappa shape index (κ3) is 10.9. The van der Waals surface area contributed by atoms with Gasteiger partial charge in [0, 0.05) is 18.2 Å². The molecule has 0 radical (unpaired) electrons. The molecule has 4 heteroatoms. The second kappa shape index (κ2) is 14.3. The largest absolute Gasteiger partial charge is 1.00 e. The van der Waals surface area contributed by atoms with Gasteiger partial charge in [0.25, 0.3) is 0 Å². The van der Waals surface area contributed by atoms with E-state index in [-0.39, 0.29) is 70.7 Å². The van der Waals surface area contributed by atoms with E-state index in [1.807, 2.05) is 6.92 Å². The van der Waals surface area contributed by atoms with E-state index in [1.165, 1.54) is 25.0 Å². The monoisotopic (exact) mass is 362 g/mol. The van der Waals surface area contributed by atoms with Gasteiger partial charge in [-0.05, 0) is 31.3 Å². The van der Waals surface area contributed by atoms with Gasteiger partial charge in [-0.1, -0.05) is 40.2 Å². The summed E-state index contributed by atoms with van der Waals surface area (Å²) >= 11 is 0. The molecule has 0 atom stereocenters. The summed E-state index contributed by atoms with van der Waals surface area (Å²) < 4.78 is 24.5. The zero-order chi connectivity index (χ0) is 16.5. The maximum Gasteiger partial charge on any atom is 1.00 e. The summed E-state index contributed by atoms with van der Waals surface area (Å²) in [5.74, 6) is 1.41. The molecular weight excluding hydrogens is 330 g/mol. The van der Waals surface area contributed by atoms with Crippen LogP contribution in [0.5, 0.6) is 11.5 Å². The fourth-order valence-electron chi connectivity index (χ4n) is 2.01. The van der Waals surface area contributed by atoms with E-state index in [1.54, 1.807) is 6.07 Å². The Morgan fingerprint density at radius 1 is 1.17 bits per heavy atom. The minimum atomic E-state index is -0.336. The van der Waals surface area contributed by atoms with Gasteiger partial charge in [0.2, 0.25) is 0 Å². The molecule has 1 fully saturated rings. The maximum atomic E-state index is 13.4. The van der Waals surface area contributed by atoms with Gasteiger partial charge in [-0.3, -0.25) is 0 Å². The molecule has 0 spiro atoms. The second-order valence-corrected chi connectivity index (χ2v) is 6.18. The van der Waals surface area contributed by atoms with E-state index in [2.05, 4.69) is 27.4 Å². The molecule has 1 saturated carbocycles. The molecule has 24 heavy (non-hydrogen) atoms. The van der Waals surface area contributed by atoms with Gasteiger partial charge in [-0.2, -0.15) is 0 Å². The van der Waals surface area contributed by atoms with Gasteiger partial charge in [0.05, 0.1) is 6.10 Å². The molecule has 1 aliphatic rings. The number of hydrogen-bond donors (Lipinski definition) is 0. The Balaban J connectivity index is 0. The summed E-state index contributed by atoms with van der Waals surface area (Å²) in [4.78, 5) is 0. The zero-order valence-electron chi connectivity index (χ0n) is 16.3. The maximum absolute atomic E-state index is 13.4. The van der Waals surface area contributed by atoms with Crippen LogP contribution in [0.15, 0.2) is 30.4 Å². The van der Waals surface area contributed by atoms with E-state index >= 15 is 0 Å². The molecule has 0 aromatic heterocycles. The van der Waals surface area contributed by atoms with Gasteiger partial charge in [-0.25, -0.2) is 4.39 Å². The molecule has 132 valence electrons. The standard InChI is InChI=1S/C15H19FO2.C4H10.CH3.K/c1-10(2)9-17-13-6-12(16)7-15(8-13)18-14-4-11(3)5-14;1-3-4-2;;/h6-8,11,14H,1,4-5,9H2,2-3H3;3-4H2,1-2H3;1H3;/q;;-1;+1. The molecule has 1 aliphatic carbocycles. The van der Waals surface area contributed by atoms with Crippen molar-refractivity contribution in [1.29, 1.82) is 0 Å². The van der Waals surface area contributed by atoms with Gasteiger partial charge in [0.15, 0.2) is 0 Å². The molecule has 0 saturated heterocycles. The van der Waals surface area contributed by atoms with Crippen LogP contribution in [-0.2, 0) is 0 Å². The third-order valence-electron chi connectivity index (χ3n) is 3.46. The average molecular weight is 363 g/mol. The second-order valence-electron chi connectivity index (χ2n) is 6.18. The Bertz CT molecular complexity index is 469. The molecule has 0 aliphatic heterocycles. The fourth-order valence-corrected chi connectivity index (χ4v) is 2.01. The first-order chi connectivity index (χ1) is 10.4. The van der Waals surface area contributed by atoms with Gasteiger partial charge in [-0.15, -0.1) is 0 Å². The van der Waals surface area contributed by atoms with Crippen LogP contribution in [-0.4, -0.2) is 12.7 Å². The predicted molar refractivity (Wildman–Crippen MR) is 96.5 cm³/mol. The first-order valence-electron chi connectivity index (χ1n) is 8.19. The summed E-state index contributed by atoms with van der Waals surface area (Å²) in [6.07, 6.45) is 4.94. The van der Waals surface area contributed by atoms with Crippen molar-refractivity contribution in [3.63, 3.8) is 0 Å². The van der Waals surface area contributed by atoms with Crippen LogP contribution >= 0.6 is 0 Å². The van der Waals surface area contributed by atoms with Gasteiger partial charge in [0.1, 0.15) is 23.9 Å². The summed E-state index contributed by atoms with van der Waals surface area (Å²) in [6.45, 7) is 12.6. The van der Waals surface area contributed by atoms with Crippen LogP contribution in [0.25, 0.3) is 0 Å². The predicted octanol–water partition coefficient (Wildman–Crippen LogP) is 3.22. The molecule has 0 heterocycles. The molecule has 0 bridgehead atoms. The summed E-state index contributed by atoms with van der Waals surface area (Å²) in [5.41, 5.74) is 0.898. The quantitative estimate of drug-likeness (QED) is 0.439. The first kappa shape index (κ1) is 26.4. The molecule has 1 aromatic carbocycles. The molecular formula is C20H32FKO2. The van der Waals surface area contributed by atoms with Crippen LogP contribution in [0, 0.1) is 19.2 Å². The minimum absolute atomic E-state index is 0. The number of ether oxygens (including phenoxy) is 2. The number of hydrogen-bond acceptors (Lipinski definition) is 2. The van der Waals surface area contributed by atoms with E-state index in [9.17, 15) is 4.39 Å². The van der Waals surface area contributed by atoms with Crippen LogP contribution in [0.3, 0.4) is 0 Å². The molecule has 0 amide bonds. The fraction of sp³-hybridized carbons (Fsp3) is 0.550. The van der Waals surface area contributed by atoms with E-state index in [0.717, 1.165) is 18.4 Å². The Hall–Kier alpha value is 0.126. The molecule has 0 unspecified atom stereocenters. The minimum Gasteiger partial charge on any atom is -0.490 e. The average Bonchev–Trinajstić information content (AvgIpc) is 2.43. The Morgan fingerprint density at radius 2 is 1.71 bits per heavy atom. The van der Waals surface area contributed by atoms with Crippen molar-refractivity contribution in [2.75, 3.05) is 6.61 Å². The number of rotatable bonds is 6. The van der Waals surface area contributed by atoms with Crippen LogP contribution in [0.2, 0.25) is 0 Å². The normalized spacial score (nSPS) is 17.9. The molecule has 2 rings (SSSR count).